The number of hydrogen-bond acceptors (Lipinski definition) is 2. The van der Waals surface area contributed by atoms with Crippen molar-refractivity contribution >= 4 is 11.7 Å². The molecule has 1 aromatic rings. The number of nitrogens with one attached hydrogen (secondary N) is 1. The number of rotatable bonds is 1. The van der Waals surface area contributed by atoms with Crippen LogP contribution in [0, 0.1) is 18.8 Å². The van der Waals surface area contributed by atoms with Crippen LogP contribution in [-0.4, -0.2) is 35.7 Å². The molecule has 0 spiro atoms. The van der Waals surface area contributed by atoms with Crippen LogP contribution < -0.4 is 5.32 Å². The minimum atomic E-state index is -0.163. The second-order valence-electron chi connectivity index (χ2n) is 5.03. The van der Waals surface area contributed by atoms with E-state index in [9.17, 15) is 4.79 Å². The maximum Gasteiger partial charge on any atom is 0.321 e. The van der Waals surface area contributed by atoms with Gasteiger partial charge in [0.2, 0.25) is 0 Å². The molecule has 0 unspecified atom stereocenters. The number of aryl methyl sites for hydroxylation is 1. The van der Waals surface area contributed by atoms with E-state index in [4.69, 9.17) is 5.11 Å². The van der Waals surface area contributed by atoms with Gasteiger partial charge in [-0.1, -0.05) is 11.8 Å². The molecule has 1 fully saturated rings. The number of aliphatic hydroxyl groups excluding tert-OH is 1. The van der Waals surface area contributed by atoms with Crippen molar-refractivity contribution in [3.63, 3.8) is 0 Å². The fraction of sp³-hybridized carbons (Fsp3) is 0.438. The van der Waals surface area contributed by atoms with Crippen LogP contribution in [0.1, 0.15) is 30.4 Å². The molecule has 2 rings (SSSR count). The number of carbonyl (C=O) groups is 1. The molecular formula is C16H20N2O2. The highest BCUT2D eigenvalue weighted by Gasteiger charge is 2.16. The van der Waals surface area contributed by atoms with Crippen molar-refractivity contribution in [2.75, 3.05) is 25.0 Å². The van der Waals surface area contributed by atoms with Crippen LogP contribution >= 0.6 is 0 Å². The maximum atomic E-state index is 12.1. The van der Waals surface area contributed by atoms with E-state index in [0.717, 1.165) is 42.7 Å². The Morgan fingerprint density at radius 1 is 1.30 bits per heavy atom. The Bertz CT molecular complexity index is 537. The summed E-state index contributed by atoms with van der Waals surface area (Å²) in [5.74, 6) is 5.48. The van der Waals surface area contributed by atoms with Gasteiger partial charge in [-0.3, -0.25) is 0 Å². The van der Waals surface area contributed by atoms with Crippen LogP contribution in [0.25, 0.3) is 0 Å². The fourth-order valence-electron chi connectivity index (χ4n) is 2.37. The van der Waals surface area contributed by atoms with Crippen LogP contribution in [0.15, 0.2) is 18.2 Å². The summed E-state index contributed by atoms with van der Waals surface area (Å²) in [7, 11) is 0. The molecule has 0 radical (unpaired) electrons. The Balaban J connectivity index is 2.08. The molecule has 1 heterocycles. The first-order valence-corrected chi connectivity index (χ1v) is 6.96. The minimum absolute atomic E-state index is 0.0450. The highest BCUT2D eigenvalue weighted by molar-refractivity contribution is 5.89. The molecule has 2 N–H and O–H groups in total. The molecule has 1 saturated heterocycles. The number of hydrogen-bond donors (Lipinski definition) is 2. The van der Waals surface area contributed by atoms with Gasteiger partial charge in [0, 0.05) is 24.3 Å². The number of likely N-dealkylation sites (tertiary alicyclic amines) is 1. The van der Waals surface area contributed by atoms with Crippen LogP contribution in [-0.2, 0) is 0 Å². The largest absolute Gasteiger partial charge is 0.384 e. The van der Waals surface area contributed by atoms with Gasteiger partial charge in [0.05, 0.1) is 0 Å². The number of anilines is 1. The van der Waals surface area contributed by atoms with Gasteiger partial charge in [-0.15, -0.1) is 0 Å². The Kier molecular flexibility index (Phi) is 5.03. The van der Waals surface area contributed by atoms with Gasteiger partial charge in [-0.2, -0.15) is 0 Å². The second kappa shape index (κ2) is 6.97. The van der Waals surface area contributed by atoms with Gasteiger partial charge in [-0.25, -0.2) is 4.79 Å². The lowest BCUT2D eigenvalue weighted by Crippen LogP contribution is -2.38. The van der Waals surface area contributed by atoms with Gasteiger partial charge in [0.25, 0.3) is 0 Å². The molecule has 0 aliphatic carbocycles. The van der Waals surface area contributed by atoms with Crippen molar-refractivity contribution in [2.24, 2.45) is 0 Å². The normalized spacial score (nSPS) is 14.4. The molecule has 0 aromatic heterocycles. The lowest BCUT2D eigenvalue weighted by molar-refractivity contribution is 0.200. The molecule has 0 atom stereocenters. The molecule has 1 aliphatic rings. The standard InChI is InChI=1S/C16H20N2O2/c1-13-10-14(6-5-9-19)12-15(11-13)17-16(20)18-7-3-2-4-8-18/h10-12,19H,2-4,7-9H2,1H3,(H,17,20). The van der Waals surface area contributed by atoms with E-state index in [1.165, 1.54) is 6.42 Å². The predicted molar refractivity (Wildman–Crippen MR) is 79.6 cm³/mol. The summed E-state index contributed by atoms with van der Waals surface area (Å²) in [6.45, 7) is 3.45. The van der Waals surface area contributed by atoms with Crippen molar-refractivity contribution in [1.29, 1.82) is 0 Å². The minimum Gasteiger partial charge on any atom is -0.384 e. The predicted octanol–water partition coefficient (Wildman–Crippen LogP) is 2.36. The molecule has 0 saturated carbocycles. The van der Waals surface area contributed by atoms with E-state index >= 15 is 0 Å². The number of piperidine rings is 1. The summed E-state index contributed by atoms with van der Waals surface area (Å²) in [4.78, 5) is 14.0. The molecule has 0 bridgehead atoms. The first-order chi connectivity index (χ1) is 9.69. The summed E-state index contributed by atoms with van der Waals surface area (Å²) < 4.78 is 0. The van der Waals surface area contributed by atoms with Gasteiger partial charge >= 0.3 is 6.03 Å². The SMILES string of the molecule is Cc1cc(C#CCO)cc(NC(=O)N2CCCCC2)c1. The van der Waals surface area contributed by atoms with Gasteiger partial charge in [-0.05, 0) is 49.9 Å². The molecule has 4 nitrogen and oxygen atoms in total. The average Bonchev–Trinajstić information content (AvgIpc) is 2.45. The third-order valence-corrected chi connectivity index (χ3v) is 3.28. The third kappa shape index (κ3) is 4.01. The Morgan fingerprint density at radius 2 is 2.05 bits per heavy atom. The second-order valence-corrected chi connectivity index (χ2v) is 5.03. The Labute approximate surface area is 119 Å². The Morgan fingerprint density at radius 3 is 2.75 bits per heavy atom. The number of benzene rings is 1. The monoisotopic (exact) mass is 272 g/mol. The summed E-state index contributed by atoms with van der Waals surface area (Å²) in [6, 6.07) is 5.64. The van der Waals surface area contributed by atoms with E-state index < -0.39 is 0 Å². The molecule has 2 amide bonds. The smallest absolute Gasteiger partial charge is 0.321 e. The summed E-state index contributed by atoms with van der Waals surface area (Å²) in [6.07, 6.45) is 3.36. The molecule has 1 aliphatic heterocycles. The van der Waals surface area contributed by atoms with E-state index in [1.807, 2.05) is 30.0 Å². The van der Waals surface area contributed by atoms with Crippen molar-refractivity contribution in [2.45, 2.75) is 26.2 Å². The number of amides is 2. The van der Waals surface area contributed by atoms with Gasteiger partial charge < -0.3 is 15.3 Å². The van der Waals surface area contributed by atoms with Crippen LogP contribution in [0.5, 0.6) is 0 Å². The van der Waals surface area contributed by atoms with Crippen molar-refractivity contribution in [1.82, 2.24) is 4.90 Å². The molecule has 106 valence electrons. The van der Waals surface area contributed by atoms with Crippen LogP contribution in [0.3, 0.4) is 0 Å². The molecule has 1 aromatic carbocycles. The zero-order chi connectivity index (χ0) is 14.4. The van der Waals surface area contributed by atoms with Crippen molar-refractivity contribution in [3.05, 3.63) is 29.3 Å². The van der Waals surface area contributed by atoms with Crippen molar-refractivity contribution < 1.29 is 9.90 Å². The Hall–Kier alpha value is -1.99. The molecule has 20 heavy (non-hydrogen) atoms. The van der Waals surface area contributed by atoms with E-state index in [0.29, 0.717) is 0 Å². The lowest BCUT2D eigenvalue weighted by Gasteiger charge is -2.26. The van der Waals surface area contributed by atoms with Crippen LogP contribution in [0.2, 0.25) is 0 Å². The lowest BCUT2D eigenvalue weighted by atomic mass is 10.1. The first kappa shape index (κ1) is 14.4. The molecular weight excluding hydrogens is 252 g/mol. The zero-order valence-electron chi connectivity index (χ0n) is 11.8. The van der Waals surface area contributed by atoms with E-state index in [-0.39, 0.29) is 12.6 Å². The number of carbonyl (C=O) groups excluding carboxylic acids is 1. The third-order valence-electron chi connectivity index (χ3n) is 3.28. The number of aliphatic hydroxyl groups is 1. The van der Waals surface area contributed by atoms with Gasteiger partial charge in [0.15, 0.2) is 0 Å². The van der Waals surface area contributed by atoms with E-state index in [2.05, 4.69) is 17.2 Å². The van der Waals surface area contributed by atoms with Crippen molar-refractivity contribution in [3.8, 4) is 11.8 Å². The summed E-state index contributed by atoms with van der Waals surface area (Å²) in [5.41, 5.74) is 2.58. The topological polar surface area (TPSA) is 52.6 Å². The number of nitrogens with zero attached hydrogens (tertiary/aromatic N) is 1. The van der Waals surface area contributed by atoms with E-state index in [1.54, 1.807) is 0 Å². The van der Waals surface area contributed by atoms with Gasteiger partial charge in [0.1, 0.15) is 6.61 Å². The highest BCUT2D eigenvalue weighted by Crippen LogP contribution is 2.16. The fourth-order valence-corrected chi connectivity index (χ4v) is 2.37. The summed E-state index contributed by atoms with van der Waals surface area (Å²) >= 11 is 0. The average molecular weight is 272 g/mol. The molecule has 4 heteroatoms. The summed E-state index contributed by atoms with van der Waals surface area (Å²) in [5, 5.41) is 11.7. The van der Waals surface area contributed by atoms with Crippen LogP contribution in [0.4, 0.5) is 10.5 Å². The first-order valence-electron chi connectivity index (χ1n) is 6.96. The maximum absolute atomic E-state index is 12.1. The quantitative estimate of drug-likeness (QED) is 0.771. The zero-order valence-corrected chi connectivity index (χ0v) is 11.8. The number of urea groups is 1. The highest BCUT2D eigenvalue weighted by atomic mass is 16.2.